The fraction of sp³-hybridized carbons (Fsp3) is 0.190. The number of carbonyl (C=O) groups is 2. The van der Waals surface area contributed by atoms with Gasteiger partial charge in [0.05, 0.1) is 18.0 Å². The molecule has 1 amide bonds. The van der Waals surface area contributed by atoms with Crippen molar-refractivity contribution in [2.45, 2.75) is 26.3 Å². The van der Waals surface area contributed by atoms with Crippen molar-refractivity contribution in [3.63, 3.8) is 0 Å². The molecule has 0 spiro atoms. The molecule has 6 nitrogen and oxygen atoms in total. The average molecular weight is 382 g/mol. The van der Waals surface area contributed by atoms with Crippen LogP contribution in [-0.4, -0.2) is 22.0 Å². The SMILES string of the molecule is Cc1cccc(C(CC(=O)O)NC(=O)c2nc(-c3ccccc3F)oc2C)c1. The zero-order valence-corrected chi connectivity index (χ0v) is 15.4. The van der Waals surface area contributed by atoms with Crippen LogP contribution >= 0.6 is 0 Å². The Kier molecular flexibility index (Phi) is 5.54. The summed E-state index contributed by atoms with van der Waals surface area (Å²) in [6, 6.07) is 12.5. The molecule has 3 aromatic rings. The highest BCUT2D eigenvalue weighted by Crippen LogP contribution is 2.25. The van der Waals surface area contributed by atoms with Crippen molar-refractivity contribution >= 4 is 11.9 Å². The van der Waals surface area contributed by atoms with Crippen LogP contribution in [0.3, 0.4) is 0 Å². The number of halogens is 1. The monoisotopic (exact) mass is 382 g/mol. The minimum Gasteiger partial charge on any atom is -0.481 e. The first kappa shape index (κ1) is 19.3. The Morgan fingerprint density at radius 1 is 1.18 bits per heavy atom. The van der Waals surface area contributed by atoms with Gasteiger partial charge in [0.2, 0.25) is 5.89 Å². The van der Waals surface area contributed by atoms with Crippen LogP contribution < -0.4 is 5.32 Å². The highest BCUT2D eigenvalue weighted by molar-refractivity contribution is 5.94. The second-order valence-corrected chi connectivity index (χ2v) is 6.44. The molecule has 144 valence electrons. The largest absolute Gasteiger partial charge is 0.481 e. The van der Waals surface area contributed by atoms with Gasteiger partial charge in [-0.15, -0.1) is 0 Å². The molecule has 2 aromatic carbocycles. The zero-order chi connectivity index (χ0) is 20.3. The van der Waals surface area contributed by atoms with Gasteiger partial charge in [0.1, 0.15) is 11.6 Å². The lowest BCUT2D eigenvalue weighted by molar-refractivity contribution is -0.137. The van der Waals surface area contributed by atoms with E-state index in [4.69, 9.17) is 4.42 Å². The van der Waals surface area contributed by atoms with E-state index in [0.29, 0.717) is 5.56 Å². The van der Waals surface area contributed by atoms with E-state index in [1.165, 1.54) is 12.1 Å². The third-order valence-corrected chi connectivity index (χ3v) is 4.24. The number of aliphatic carboxylic acids is 1. The summed E-state index contributed by atoms with van der Waals surface area (Å²) >= 11 is 0. The smallest absolute Gasteiger partial charge is 0.305 e. The molecule has 0 saturated carbocycles. The second kappa shape index (κ2) is 8.04. The van der Waals surface area contributed by atoms with Crippen molar-refractivity contribution in [2.75, 3.05) is 0 Å². The molecular formula is C21H19FN2O4. The van der Waals surface area contributed by atoms with Crippen LogP contribution in [0.25, 0.3) is 11.5 Å². The van der Waals surface area contributed by atoms with E-state index >= 15 is 0 Å². The predicted octanol–water partition coefficient (Wildman–Crippen LogP) is 4.04. The molecule has 2 N–H and O–H groups in total. The van der Waals surface area contributed by atoms with Crippen LogP contribution in [-0.2, 0) is 4.79 Å². The number of carboxylic acid groups (broad SMARTS) is 1. The number of hydrogen-bond acceptors (Lipinski definition) is 4. The number of amides is 1. The van der Waals surface area contributed by atoms with Crippen LogP contribution in [0.5, 0.6) is 0 Å². The summed E-state index contributed by atoms with van der Waals surface area (Å²) in [6.45, 7) is 3.43. The maximum Gasteiger partial charge on any atom is 0.305 e. The lowest BCUT2D eigenvalue weighted by Crippen LogP contribution is -2.31. The molecule has 1 heterocycles. The number of rotatable bonds is 6. The molecule has 28 heavy (non-hydrogen) atoms. The summed E-state index contributed by atoms with van der Waals surface area (Å²) in [5.74, 6) is -1.94. The summed E-state index contributed by atoms with van der Waals surface area (Å²) in [5, 5.41) is 11.9. The number of hydrogen-bond donors (Lipinski definition) is 2. The van der Waals surface area contributed by atoms with Gasteiger partial charge in [0, 0.05) is 0 Å². The number of carboxylic acids is 1. The van der Waals surface area contributed by atoms with E-state index in [-0.39, 0.29) is 29.3 Å². The first-order chi connectivity index (χ1) is 13.3. The van der Waals surface area contributed by atoms with E-state index in [2.05, 4.69) is 10.3 Å². The number of nitrogens with zero attached hydrogens (tertiary/aromatic N) is 1. The van der Waals surface area contributed by atoms with E-state index in [1.54, 1.807) is 31.2 Å². The Morgan fingerprint density at radius 2 is 1.93 bits per heavy atom. The third kappa shape index (κ3) is 4.25. The van der Waals surface area contributed by atoms with Crippen LogP contribution in [0.1, 0.15) is 39.8 Å². The molecule has 3 rings (SSSR count). The summed E-state index contributed by atoms with van der Waals surface area (Å²) in [6.07, 6.45) is -0.285. The minimum absolute atomic E-state index is 0.00825. The summed E-state index contributed by atoms with van der Waals surface area (Å²) < 4.78 is 19.4. The van der Waals surface area contributed by atoms with Crippen molar-refractivity contribution in [3.8, 4) is 11.5 Å². The van der Waals surface area contributed by atoms with Gasteiger partial charge in [-0.2, -0.15) is 0 Å². The van der Waals surface area contributed by atoms with Gasteiger partial charge in [-0.05, 0) is 31.5 Å². The number of aromatic nitrogens is 1. The van der Waals surface area contributed by atoms with Crippen LogP contribution in [0.4, 0.5) is 4.39 Å². The standard InChI is InChI=1S/C21H19FN2O4/c1-12-6-5-7-14(10-12)17(11-18(25)26)23-20(27)19-13(2)28-21(24-19)15-8-3-4-9-16(15)22/h3-10,17H,11H2,1-2H3,(H,23,27)(H,25,26). The Morgan fingerprint density at radius 3 is 2.61 bits per heavy atom. The fourth-order valence-electron chi connectivity index (χ4n) is 2.90. The molecule has 0 radical (unpaired) electrons. The van der Waals surface area contributed by atoms with Crippen LogP contribution in [0.15, 0.2) is 52.9 Å². The van der Waals surface area contributed by atoms with Gasteiger partial charge in [0.25, 0.3) is 5.91 Å². The molecule has 1 aromatic heterocycles. The quantitative estimate of drug-likeness (QED) is 0.671. The lowest BCUT2D eigenvalue weighted by atomic mass is 10.0. The van der Waals surface area contributed by atoms with E-state index < -0.39 is 23.7 Å². The molecule has 0 saturated heterocycles. The highest BCUT2D eigenvalue weighted by atomic mass is 19.1. The van der Waals surface area contributed by atoms with Gasteiger partial charge in [-0.3, -0.25) is 9.59 Å². The number of benzene rings is 2. The van der Waals surface area contributed by atoms with Crippen LogP contribution in [0, 0.1) is 19.7 Å². The maximum atomic E-state index is 14.0. The molecule has 0 bridgehead atoms. The molecule has 1 atom stereocenters. The van der Waals surface area contributed by atoms with Crippen LogP contribution in [0.2, 0.25) is 0 Å². The topological polar surface area (TPSA) is 92.4 Å². The van der Waals surface area contributed by atoms with E-state index in [1.807, 2.05) is 19.1 Å². The number of carbonyl (C=O) groups excluding carboxylic acids is 1. The number of nitrogens with one attached hydrogen (secondary N) is 1. The maximum absolute atomic E-state index is 14.0. The minimum atomic E-state index is -1.05. The molecule has 0 aliphatic rings. The van der Waals surface area contributed by atoms with Crippen molar-refractivity contribution in [2.24, 2.45) is 0 Å². The highest BCUT2D eigenvalue weighted by Gasteiger charge is 2.24. The van der Waals surface area contributed by atoms with Crippen molar-refractivity contribution in [1.29, 1.82) is 0 Å². The molecular weight excluding hydrogens is 363 g/mol. The first-order valence-electron chi connectivity index (χ1n) is 8.66. The third-order valence-electron chi connectivity index (χ3n) is 4.24. The molecule has 1 unspecified atom stereocenters. The zero-order valence-electron chi connectivity index (χ0n) is 15.4. The molecule has 0 aliphatic carbocycles. The Bertz CT molecular complexity index is 1030. The van der Waals surface area contributed by atoms with Gasteiger partial charge in [0.15, 0.2) is 5.69 Å². The van der Waals surface area contributed by atoms with Gasteiger partial charge in [-0.1, -0.05) is 42.0 Å². The average Bonchev–Trinajstić information content (AvgIpc) is 3.03. The van der Waals surface area contributed by atoms with Gasteiger partial charge < -0.3 is 14.8 Å². The van der Waals surface area contributed by atoms with E-state index in [0.717, 1.165) is 5.56 Å². The fourth-order valence-corrected chi connectivity index (χ4v) is 2.90. The molecule has 0 fully saturated rings. The lowest BCUT2D eigenvalue weighted by Gasteiger charge is -2.17. The summed E-state index contributed by atoms with van der Waals surface area (Å²) in [5.41, 5.74) is 1.75. The second-order valence-electron chi connectivity index (χ2n) is 6.44. The Hall–Kier alpha value is -3.48. The summed E-state index contributed by atoms with van der Waals surface area (Å²) in [7, 11) is 0. The number of aryl methyl sites for hydroxylation is 2. The van der Waals surface area contributed by atoms with Gasteiger partial charge in [-0.25, -0.2) is 9.37 Å². The van der Waals surface area contributed by atoms with E-state index in [9.17, 15) is 19.1 Å². The Labute approximate surface area is 161 Å². The molecule has 0 aliphatic heterocycles. The van der Waals surface area contributed by atoms with Crippen molar-refractivity contribution in [3.05, 3.63) is 76.9 Å². The van der Waals surface area contributed by atoms with Crippen molar-refractivity contribution < 1.29 is 23.5 Å². The first-order valence-corrected chi connectivity index (χ1v) is 8.66. The number of oxazole rings is 1. The summed E-state index contributed by atoms with van der Waals surface area (Å²) in [4.78, 5) is 28.1. The van der Waals surface area contributed by atoms with Gasteiger partial charge >= 0.3 is 5.97 Å². The van der Waals surface area contributed by atoms with Crippen molar-refractivity contribution in [1.82, 2.24) is 10.3 Å². The normalized spacial score (nSPS) is 11.8. The Balaban J connectivity index is 1.88. The predicted molar refractivity (Wildman–Crippen MR) is 100 cm³/mol. The molecule has 7 heteroatoms.